The molecule has 2 atom stereocenters. The molecule has 2 rings (SSSR count). The van der Waals surface area contributed by atoms with Gasteiger partial charge in [0.15, 0.2) is 0 Å². The van der Waals surface area contributed by atoms with Crippen molar-refractivity contribution in [2.24, 2.45) is 5.92 Å². The molecular formula is C16H20O2. The average molecular weight is 244 g/mol. The van der Waals surface area contributed by atoms with E-state index in [0.717, 1.165) is 30.4 Å². The summed E-state index contributed by atoms with van der Waals surface area (Å²) in [5, 5.41) is 10.3. The van der Waals surface area contributed by atoms with Crippen LogP contribution in [0, 0.1) is 5.92 Å². The fourth-order valence-electron chi connectivity index (χ4n) is 2.56. The van der Waals surface area contributed by atoms with Gasteiger partial charge in [-0.1, -0.05) is 42.8 Å². The Bertz CT molecular complexity index is 434. The summed E-state index contributed by atoms with van der Waals surface area (Å²) in [6.45, 7) is 1.90. The Kier molecular flexibility index (Phi) is 4.32. The van der Waals surface area contributed by atoms with E-state index in [1.807, 2.05) is 43.3 Å². The fourth-order valence-corrected chi connectivity index (χ4v) is 2.56. The summed E-state index contributed by atoms with van der Waals surface area (Å²) in [4.78, 5) is 11.8. The van der Waals surface area contributed by atoms with Gasteiger partial charge in [-0.15, -0.1) is 0 Å². The van der Waals surface area contributed by atoms with E-state index in [0.29, 0.717) is 6.42 Å². The van der Waals surface area contributed by atoms with E-state index in [2.05, 4.69) is 0 Å². The summed E-state index contributed by atoms with van der Waals surface area (Å²) in [6.07, 6.45) is 4.81. The smallest absolute Gasteiger partial charge is 0.138 e. The maximum absolute atomic E-state index is 11.8. The lowest BCUT2D eigenvalue weighted by Crippen LogP contribution is -2.31. The van der Waals surface area contributed by atoms with Crippen molar-refractivity contribution in [2.75, 3.05) is 0 Å². The van der Waals surface area contributed by atoms with Crippen LogP contribution in [0.2, 0.25) is 0 Å². The quantitative estimate of drug-likeness (QED) is 0.886. The molecule has 2 nitrogen and oxygen atoms in total. The second kappa shape index (κ2) is 5.96. The number of carbonyl (C=O) groups excluding carboxylic acids is 1. The van der Waals surface area contributed by atoms with Crippen molar-refractivity contribution < 1.29 is 9.90 Å². The maximum Gasteiger partial charge on any atom is 0.138 e. The normalized spacial score (nSPS) is 22.9. The van der Waals surface area contributed by atoms with Gasteiger partial charge >= 0.3 is 0 Å². The molecule has 0 saturated heterocycles. The van der Waals surface area contributed by atoms with Crippen molar-refractivity contribution in [1.82, 2.24) is 0 Å². The molecule has 0 radical (unpaired) electrons. The number of aliphatic hydroxyl groups is 1. The molecule has 1 saturated carbocycles. The first kappa shape index (κ1) is 13.0. The summed E-state index contributed by atoms with van der Waals surface area (Å²) < 4.78 is 0. The highest BCUT2D eigenvalue weighted by atomic mass is 16.3. The number of hydrogen-bond donors (Lipinski definition) is 1. The third-order valence-corrected chi connectivity index (χ3v) is 3.64. The van der Waals surface area contributed by atoms with Crippen LogP contribution in [0.15, 0.2) is 35.9 Å². The topological polar surface area (TPSA) is 37.3 Å². The van der Waals surface area contributed by atoms with Crippen molar-refractivity contribution >= 4 is 11.9 Å². The minimum Gasteiger partial charge on any atom is -0.388 e. The first-order valence-corrected chi connectivity index (χ1v) is 6.62. The third kappa shape index (κ3) is 3.08. The Hall–Kier alpha value is -1.41. The lowest BCUT2D eigenvalue weighted by molar-refractivity contribution is -0.127. The minimum atomic E-state index is -0.627. The van der Waals surface area contributed by atoms with Crippen molar-refractivity contribution in [3.05, 3.63) is 41.5 Å². The molecule has 0 aromatic heterocycles. The van der Waals surface area contributed by atoms with Gasteiger partial charge in [0.2, 0.25) is 0 Å². The van der Waals surface area contributed by atoms with Crippen molar-refractivity contribution in [3.8, 4) is 0 Å². The first-order chi connectivity index (χ1) is 8.68. The molecule has 96 valence electrons. The van der Waals surface area contributed by atoms with Crippen LogP contribution in [0.25, 0.3) is 6.08 Å². The number of ketones is 1. The van der Waals surface area contributed by atoms with Crippen LogP contribution >= 0.6 is 0 Å². The SMILES string of the molecule is C/C(=C\c1ccccc1)[C@@H](O)[C@H]1CCCCC1=O. The molecule has 0 bridgehead atoms. The Morgan fingerprint density at radius 1 is 1.33 bits per heavy atom. The summed E-state index contributed by atoms with van der Waals surface area (Å²) >= 11 is 0. The number of carbonyl (C=O) groups is 1. The van der Waals surface area contributed by atoms with Crippen LogP contribution in [0.1, 0.15) is 38.2 Å². The van der Waals surface area contributed by atoms with E-state index in [1.54, 1.807) is 0 Å². The lowest BCUT2D eigenvalue weighted by atomic mass is 9.81. The van der Waals surface area contributed by atoms with Crippen LogP contribution in [-0.2, 0) is 4.79 Å². The number of benzene rings is 1. The number of rotatable bonds is 3. The van der Waals surface area contributed by atoms with Gasteiger partial charge in [-0.2, -0.15) is 0 Å². The van der Waals surface area contributed by atoms with Crippen LogP contribution in [-0.4, -0.2) is 17.0 Å². The molecule has 1 aliphatic rings. The van der Waals surface area contributed by atoms with Gasteiger partial charge in [-0.25, -0.2) is 0 Å². The van der Waals surface area contributed by atoms with Gasteiger partial charge < -0.3 is 5.11 Å². The van der Waals surface area contributed by atoms with E-state index >= 15 is 0 Å². The molecule has 1 N–H and O–H groups in total. The molecule has 0 unspecified atom stereocenters. The molecule has 0 aliphatic heterocycles. The second-order valence-corrected chi connectivity index (χ2v) is 5.06. The zero-order chi connectivity index (χ0) is 13.0. The van der Waals surface area contributed by atoms with Gasteiger partial charge in [0.25, 0.3) is 0 Å². The molecule has 18 heavy (non-hydrogen) atoms. The summed E-state index contributed by atoms with van der Waals surface area (Å²) in [5.74, 6) is 0.0215. The van der Waals surface area contributed by atoms with Crippen LogP contribution in [0.4, 0.5) is 0 Å². The average Bonchev–Trinajstić information content (AvgIpc) is 2.39. The van der Waals surface area contributed by atoms with Crippen molar-refractivity contribution in [3.63, 3.8) is 0 Å². The van der Waals surface area contributed by atoms with E-state index in [4.69, 9.17) is 0 Å². The summed E-state index contributed by atoms with van der Waals surface area (Å²) in [6, 6.07) is 9.90. The predicted octanol–water partition coefficient (Wildman–Crippen LogP) is 3.21. The largest absolute Gasteiger partial charge is 0.388 e. The van der Waals surface area contributed by atoms with E-state index in [9.17, 15) is 9.90 Å². The van der Waals surface area contributed by atoms with Gasteiger partial charge in [0.1, 0.15) is 5.78 Å². The molecule has 0 heterocycles. The summed E-state index contributed by atoms with van der Waals surface area (Å²) in [7, 11) is 0. The Morgan fingerprint density at radius 2 is 2.06 bits per heavy atom. The molecule has 2 heteroatoms. The van der Waals surface area contributed by atoms with Crippen LogP contribution < -0.4 is 0 Å². The zero-order valence-corrected chi connectivity index (χ0v) is 10.8. The monoisotopic (exact) mass is 244 g/mol. The van der Waals surface area contributed by atoms with E-state index in [1.165, 1.54) is 0 Å². The van der Waals surface area contributed by atoms with Gasteiger partial charge in [0, 0.05) is 12.3 Å². The minimum absolute atomic E-state index is 0.196. The number of hydrogen-bond acceptors (Lipinski definition) is 2. The molecule has 0 spiro atoms. The molecular weight excluding hydrogens is 224 g/mol. The molecule has 1 aromatic rings. The standard InChI is InChI=1S/C16H20O2/c1-12(11-13-7-3-2-4-8-13)16(18)14-9-5-6-10-15(14)17/h2-4,7-8,11,14,16,18H,5-6,9-10H2,1H3/b12-11+/t14-,16+/m0/s1. The highest BCUT2D eigenvalue weighted by molar-refractivity contribution is 5.82. The van der Waals surface area contributed by atoms with Crippen LogP contribution in [0.5, 0.6) is 0 Å². The predicted molar refractivity (Wildman–Crippen MR) is 73.1 cm³/mol. The van der Waals surface area contributed by atoms with E-state index in [-0.39, 0.29) is 11.7 Å². The molecule has 1 aliphatic carbocycles. The Balaban J connectivity index is 2.10. The summed E-state index contributed by atoms with van der Waals surface area (Å²) in [5.41, 5.74) is 1.94. The van der Waals surface area contributed by atoms with Gasteiger partial charge in [-0.3, -0.25) is 4.79 Å². The third-order valence-electron chi connectivity index (χ3n) is 3.64. The van der Waals surface area contributed by atoms with E-state index < -0.39 is 6.10 Å². The Morgan fingerprint density at radius 3 is 2.72 bits per heavy atom. The lowest BCUT2D eigenvalue weighted by Gasteiger charge is -2.26. The van der Waals surface area contributed by atoms with Crippen LogP contribution in [0.3, 0.4) is 0 Å². The maximum atomic E-state index is 11.8. The fraction of sp³-hybridized carbons (Fsp3) is 0.438. The number of Topliss-reactive ketones (excluding diaryl/α,β-unsaturated/α-hetero) is 1. The molecule has 1 aromatic carbocycles. The number of aliphatic hydroxyl groups excluding tert-OH is 1. The highest BCUT2D eigenvalue weighted by Crippen LogP contribution is 2.27. The van der Waals surface area contributed by atoms with Gasteiger partial charge in [0.05, 0.1) is 6.10 Å². The van der Waals surface area contributed by atoms with Gasteiger partial charge in [-0.05, 0) is 30.9 Å². The molecule has 0 amide bonds. The zero-order valence-electron chi connectivity index (χ0n) is 10.8. The highest BCUT2D eigenvalue weighted by Gasteiger charge is 2.29. The first-order valence-electron chi connectivity index (χ1n) is 6.62. The van der Waals surface area contributed by atoms with Crippen molar-refractivity contribution in [2.45, 2.75) is 38.7 Å². The second-order valence-electron chi connectivity index (χ2n) is 5.06. The molecule has 1 fully saturated rings. The Labute approximate surface area is 108 Å². The van der Waals surface area contributed by atoms with Crippen molar-refractivity contribution in [1.29, 1.82) is 0 Å².